The maximum atomic E-state index is 12.4. The van der Waals surface area contributed by atoms with Gasteiger partial charge in [-0.3, -0.25) is 9.48 Å². The summed E-state index contributed by atoms with van der Waals surface area (Å²) in [6.45, 7) is 1.51. The van der Waals surface area contributed by atoms with E-state index in [-0.39, 0.29) is 12.0 Å². The van der Waals surface area contributed by atoms with Gasteiger partial charge in [0.25, 0.3) is 5.91 Å². The summed E-state index contributed by atoms with van der Waals surface area (Å²) in [7, 11) is 3.10. The van der Waals surface area contributed by atoms with Crippen molar-refractivity contribution in [3.63, 3.8) is 0 Å². The van der Waals surface area contributed by atoms with Gasteiger partial charge in [-0.1, -0.05) is 0 Å². The van der Waals surface area contributed by atoms with Gasteiger partial charge >= 0.3 is 0 Å². The number of hydrogen-bond donors (Lipinski definition) is 1. The molecular formula is C18H23N3O4. The van der Waals surface area contributed by atoms with Crippen LogP contribution in [0.2, 0.25) is 0 Å². The summed E-state index contributed by atoms with van der Waals surface area (Å²) in [6.07, 6.45) is 7.02. The molecule has 3 rings (SSSR count). The van der Waals surface area contributed by atoms with Crippen molar-refractivity contribution >= 4 is 11.6 Å². The van der Waals surface area contributed by atoms with E-state index in [1.807, 2.05) is 6.20 Å². The zero-order chi connectivity index (χ0) is 17.6. The highest BCUT2D eigenvalue weighted by Crippen LogP contribution is 2.27. The predicted molar refractivity (Wildman–Crippen MR) is 93.3 cm³/mol. The zero-order valence-electron chi connectivity index (χ0n) is 14.5. The Morgan fingerprint density at radius 3 is 2.88 bits per heavy atom. The van der Waals surface area contributed by atoms with E-state index in [0.717, 1.165) is 19.4 Å². The van der Waals surface area contributed by atoms with Gasteiger partial charge in [-0.2, -0.15) is 5.10 Å². The van der Waals surface area contributed by atoms with Gasteiger partial charge in [-0.25, -0.2) is 0 Å². The van der Waals surface area contributed by atoms with Crippen molar-refractivity contribution in [2.24, 2.45) is 0 Å². The lowest BCUT2D eigenvalue weighted by atomic mass is 10.1. The Morgan fingerprint density at radius 1 is 1.32 bits per heavy atom. The Kier molecular flexibility index (Phi) is 5.55. The second-order valence-electron chi connectivity index (χ2n) is 5.96. The Hall–Kier alpha value is -2.54. The molecule has 1 atom stereocenters. The Bertz CT molecular complexity index is 723. The second-order valence-corrected chi connectivity index (χ2v) is 5.96. The highest BCUT2D eigenvalue weighted by atomic mass is 16.5. The predicted octanol–water partition coefficient (Wildman–Crippen LogP) is 2.72. The normalized spacial score (nSPS) is 17.1. The van der Waals surface area contributed by atoms with Crippen LogP contribution in [0.3, 0.4) is 0 Å². The van der Waals surface area contributed by atoms with Crippen LogP contribution >= 0.6 is 0 Å². The molecule has 7 nitrogen and oxygen atoms in total. The minimum absolute atomic E-state index is 0.197. The number of anilines is 1. The lowest BCUT2D eigenvalue weighted by Gasteiger charge is -2.22. The average molecular weight is 345 g/mol. The van der Waals surface area contributed by atoms with E-state index in [0.29, 0.717) is 29.3 Å². The first-order valence-electron chi connectivity index (χ1n) is 8.37. The molecule has 1 saturated heterocycles. The van der Waals surface area contributed by atoms with Gasteiger partial charge < -0.3 is 19.5 Å². The molecule has 0 radical (unpaired) electrons. The fourth-order valence-electron chi connectivity index (χ4n) is 2.87. The molecule has 1 aromatic carbocycles. The molecule has 1 unspecified atom stereocenters. The van der Waals surface area contributed by atoms with Crippen molar-refractivity contribution in [2.45, 2.75) is 31.9 Å². The molecule has 7 heteroatoms. The standard InChI is InChI=1S/C18H23N3O4/c1-23-16-7-6-13(9-17(16)24-2)18(22)20-14-10-19-21(11-14)12-15-5-3-4-8-25-15/h6-7,9-11,15H,3-5,8,12H2,1-2H3,(H,20,22). The third kappa shape index (κ3) is 4.30. The Labute approximate surface area is 146 Å². The number of methoxy groups -OCH3 is 2. The summed E-state index contributed by atoms with van der Waals surface area (Å²) in [6, 6.07) is 5.04. The number of nitrogens with zero attached hydrogens (tertiary/aromatic N) is 2. The summed E-state index contributed by atoms with van der Waals surface area (Å²) in [5.74, 6) is 0.870. The number of ether oxygens (including phenoxy) is 3. The van der Waals surface area contributed by atoms with Gasteiger partial charge in [0.05, 0.1) is 38.8 Å². The van der Waals surface area contributed by atoms with Gasteiger partial charge in [0.2, 0.25) is 0 Å². The highest BCUT2D eigenvalue weighted by molar-refractivity contribution is 6.04. The molecule has 2 heterocycles. The first-order valence-corrected chi connectivity index (χ1v) is 8.37. The smallest absolute Gasteiger partial charge is 0.255 e. The number of benzene rings is 1. The molecule has 134 valence electrons. The SMILES string of the molecule is COc1ccc(C(=O)Nc2cnn(CC3CCCCO3)c2)cc1OC. The summed E-state index contributed by atoms with van der Waals surface area (Å²) in [4.78, 5) is 12.4. The van der Waals surface area contributed by atoms with E-state index in [1.54, 1.807) is 36.2 Å². The minimum atomic E-state index is -0.227. The molecule has 1 aliphatic rings. The van der Waals surface area contributed by atoms with E-state index in [4.69, 9.17) is 14.2 Å². The maximum Gasteiger partial charge on any atom is 0.255 e. The first-order chi connectivity index (χ1) is 12.2. The van der Waals surface area contributed by atoms with Crippen LogP contribution in [0, 0.1) is 0 Å². The van der Waals surface area contributed by atoms with Gasteiger partial charge in [-0.15, -0.1) is 0 Å². The number of aromatic nitrogens is 2. The van der Waals surface area contributed by atoms with Crippen LogP contribution in [0.15, 0.2) is 30.6 Å². The molecule has 1 fully saturated rings. The van der Waals surface area contributed by atoms with E-state index in [2.05, 4.69) is 10.4 Å². The van der Waals surface area contributed by atoms with Crippen LogP contribution in [-0.4, -0.2) is 42.6 Å². The van der Waals surface area contributed by atoms with Crippen molar-refractivity contribution in [3.8, 4) is 11.5 Å². The molecule has 1 aliphatic heterocycles. The Morgan fingerprint density at radius 2 is 2.16 bits per heavy atom. The van der Waals surface area contributed by atoms with Gasteiger partial charge in [-0.05, 0) is 37.5 Å². The third-order valence-electron chi connectivity index (χ3n) is 4.20. The average Bonchev–Trinajstić information content (AvgIpc) is 3.08. The lowest BCUT2D eigenvalue weighted by molar-refractivity contribution is 0.00401. The second kappa shape index (κ2) is 8.02. The number of rotatable bonds is 6. The van der Waals surface area contributed by atoms with Gasteiger partial charge in [0.1, 0.15) is 0 Å². The van der Waals surface area contributed by atoms with Crippen LogP contribution < -0.4 is 14.8 Å². The van der Waals surface area contributed by atoms with Gasteiger partial charge in [0, 0.05) is 18.4 Å². The summed E-state index contributed by atoms with van der Waals surface area (Å²) >= 11 is 0. The fourth-order valence-corrected chi connectivity index (χ4v) is 2.87. The quantitative estimate of drug-likeness (QED) is 0.871. The van der Waals surface area contributed by atoms with E-state index in [1.165, 1.54) is 13.5 Å². The lowest BCUT2D eigenvalue weighted by Crippen LogP contribution is -2.24. The molecule has 0 bridgehead atoms. The van der Waals surface area contributed by atoms with Crippen LogP contribution in [-0.2, 0) is 11.3 Å². The third-order valence-corrected chi connectivity index (χ3v) is 4.20. The van der Waals surface area contributed by atoms with Crippen LogP contribution in [0.4, 0.5) is 5.69 Å². The highest BCUT2D eigenvalue weighted by Gasteiger charge is 2.16. The maximum absolute atomic E-state index is 12.4. The Balaban J connectivity index is 1.63. The van der Waals surface area contributed by atoms with E-state index >= 15 is 0 Å². The fraction of sp³-hybridized carbons (Fsp3) is 0.444. The van der Waals surface area contributed by atoms with E-state index in [9.17, 15) is 4.79 Å². The molecule has 1 amide bonds. The zero-order valence-corrected chi connectivity index (χ0v) is 14.5. The summed E-state index contributed by atoms with van der Waals surface area (Å²) in [5, 5.41) is 7.14. The number of amides is 1. The molecule has 2 aromatic rings. The molecule has 25 heavy (non-hydrogen) atoms. The van der Waals surface area contributed by atoms with Gasteiger partial charge in [0.15, 0.2) is 11.5 Å². The van der Waals surface area contributed by atoms with Crippen molar-refractivity contribution in [3.05, 3.63) is 36.2 Å². The number of carbonyl (C=O) groups is 1. The molecule has 1 N–H and O–H groups in total. The van der Waals surface area contributed by atoms with Crippen molar-refractivity contribution in [1.82, 2.24) is 9.78 Å². The molecule has 0 saturated carbocycles. The molecule has 0 aliphatic carbocycles. The summed E-state index contributed by atoms with van der Waals surface area (Å²) in [5.41, 5.74) is 1.14. The molecule has 0 spiro atoms. The monoisotopic (exact) mass is 345 g/mol. The summed E-state index contributed by atoms with van der Waals surface area (Å²) < 4.78 is 17.9. The van der Waals surface area contributed by atoms with E-state index < -0.39 is 0 Å². The number of hydrogen-bond acceptors (Lipinski definition) is 5. The van der Waals surface area contributed by atoms with Crippen LogP contribution in [0.25, 0.3) is 0 Å². The van der Waals surface area contributed by atoms with Crippen molar-refractivity contribution in [1.29, 1.82) is 0 Å². The van der Waals surface area contributed by atoms with Crippen LogP contribution in [0.1, 0.15) is 29.6 Å². The van der Waals surface area contributed by atoms with Crippen molar-refractivity contribution < 1.29 is 19.0 Å². The first kappa shape index (κ1) is 17.3. The molecular weight excluding hydrogens is 322 g/mol. The minimum Gasteiger partial charge on any atom is -0.493 e. The molecule has 1 aromatic heterocycles. The largest absolute Gasteiger partial charge is 0.493 e. The number of nitrogens with one attached hydrogen (secondary N) is 1. The topological polar surface area (TPSA) is 74.6 Å². The van der Waals surface area contributed by atoms with Crippen molar-refractivity contribution in [2.75, 3.05) is 26.1 Å². The number of carbonyl (C=O) groups excluding carboxylic acids is 1. The van der Waals surface area contributed by atoms with Crippen LogP contribution in [0.5, 0.6) is 11.5 Å².